The van der Waals surface area contributed by atoms with Crippen LogP contribution in [-0.4, -0.2) is 48.7 Å². The first-order chi connectivity index (χ1) is 13.0. The smallest absolute Gasteiger partial charge is 0.410 e. The first kappa shape index (κ1) is 18.0. The summed E-state index contributed by atoms with van der Waals surface area (Å²) in [5.74, 6) is -0.277. The van der Waals surface area contributed by atoms with Crippen LogP contribution in [0.25, 0.3) is 0 Å². The quantitative estimate of drug-likeness (QED) is 0.821. The van der Waals surface area contributed by atoms with Crippen molar-refractivity contribution in [2.75, 3.05) is 20.6 Å². The van der Waals surface area contributed by atoms with Gasteiger partial charge in [-0.3, -0.25) is 4.90 Å². The van der Waals surface area contributed by atoms with Crippen LogP contribution < -0.4 is 0 Å². The normalized spacial score (nSPS) is 24.3. The molecule has 2 aliphatic rings. The number of amides is 1. The van der Waals surface area contributed by atoms with Gasteiger partial charge in [0.05, 0.1) is 6.04 Å². The number of carbonyl (C=O) groups excluding carboxylic acids is 1. The molecular weight excluding hydrogens is 343 g/mol. The van der Waals surface area contributed by atoms with Crippen molar-refractivity contribution in [3.63, 3.8) is 0 Å². The van der Waals surface area contributed by atoms with Gasteiger partial charge in [0.15, 0.2) is 0 Å². The third-order valence-corrected chi connectivity index (χ3v) is 5.77. The van der Waals surface area contributed by atoms with Crippen LogP contribution in [0, 0.1) is 5.82 Å². The van der Waals surface area contributed by atoms with E-state index in [9.17, 15) is 9.18 Å². The number of fused-ring (bicyclic) bond motifs is 1. The number of nitrogens with zero attached hydrogens (tertiary/aromatic N) is 2. The highest BCUT2D eigenvalue weighted by molar-refractivity contribution is 5.70. The van der Waals surface area contributed by atoms with Gasteiger partial charge < -0.3 is 9.64 Å². The first-order valence-electron chi connectivity index (χ1n) is 9.50. The summed E-state index contributed by atoms with van der Waals surface area (Å²) in [7, 11) is 4.10. The van der Waals surface area contributed by atoms with E-state index in [1.165, 1.54) is 17.7 Å². The van der Waals surface area contributed by atoms with E-state index in [4.69, 9.17) is 4.74 Å². The zero-order valence-corrected chi connectivity index (χ0v) is 15.8. The van der Waals surface area contributed by atoms with Gasteiger partial charge in [-0.1, -0.05) is 36.4 Å². The van der Waals surface area contributed by atoms with Crippen molar-refractivity contribution in [3.8, 4) is 0 Å². The van der Waals surface area contributed by atoms with Crippen LogP contribution in [0.15, 0.2) is 48.5 Å². The second kappa shape index (κ2) is 7.31. The van der Waals surface area contributed by atoms with E-state index in [0.717, 1.165) is 30.4 Å². The highest BCUT2D eigenvalue weighted by Gasteiger charge is 2.38. The van der Waals surface area contributed by atoms with E-state index in [1.54, 1.807) is 17.0 Å². The van der Waals surface area contributed by atoms with E-state index in [-0.39, 0.29) is 24.1 Å². The van der Waals surface area contributed by atoms with Crippen molar-refractivity contribution >= 4 is 6.09 Å². The highest BCUT2D eigenvalue weighted by atomic mass is 19.1. The molecule has 0 saturated heterocycles. The number of hydrogen-bond acceptors (Lipinski definition) is 3. The second-order valence-corrected chi connectivity index (χ2v) is 7.69. The molecule has 4 nitrogen and oxygen atoms in total. The van der Waals surface area contributed by atoms with Crippen molar-refractivity contribution in [1.82, 2.24) is 9.80 Å². The number of rotatable bonds is 3. The molecule has 27 heavy (non-hydrogen) atoms. The molecule has 0 unspecified atom stereocenters. The molecular formula is C22H25FN2O2. The third kappa shape index (κ3) is 3.56. The van der Waals surface area contributed by atoms with E-state index < -0.39 is 0 Å². The Hall–Kier alpha value is -2.40. The van der Waals surface area contributed by atoms with Crippen molar-refractivity contribution in [3.05, 3.63) is 71.0 Å². The van der Waals surface area contributed by atoms with Gasteiger partial charge in [0.1, 0.15) is 11.9 Å². The SMILES string of the molecule is CN(C)[C@H]1C[C@@H](OC(=O)N2CCc3ccccc3[C@@H]2c2ccc(F)cc2)C1. The topological polar surface area (TPSA) is 32.8 Å². The Kier molecular flexibility index (Phi) is 4.87. The molecule has 0 radical (unpaired) electrons. The lowest BCUT2D eigenvalue weighted by atomic mass is 9.88. The van der Waals surface area contributed by atoms with Crippen LogP contribution in [0.3, 0.4) is 0 Å². The number of halogens is 1. The molecule has 4 rings (SSSR count). The number of hydrogen-bond donors (Lipinski definition) is 0. The van der Waals surface area contributed by atoms with E-state index in [1.807, 2.05) is 18.2 Å². The fraction of sp³-hybridized carbons (Fsp3) is 0.409. The summed E-state index contributed by atoms with van der Waals surface area (Å²) in [6, 6.07) is 14.8. The molecule has 1 saturated carbocycles. The van der Waals surface area contributed by atoms with E-state index in [2.05, 4.69) is 25.1 Å². The van der Waals surface area contributed by atoms with Crippen molar-refractivity contribution < 1.29 is 13.9 Å². The van der Waals surface area contributed by atoms with Gasteiger partial charge in [-0.15, -0.1) is 0 Å². The molecule has 1 fully saturated rings. The van der Waals surface area contributed by atoms with Crippen molar-refractivity contribution in [2.24, 2.45) is 0 Å². The molecule has 5 heteroatoms. The standard InChI is InChI=1S/C22H25FN2O2/c1-24(2)18-13-19(14-18)27-22(26)25-12-11-15-5-3-4-6-20(15)21(25)16-7-9-17(23)10-8-16/h3-10,18-19,21H,11-14H2,1-2H3/t18-,19+,21-/m0/s1. The Bertz CT molecular complexity index is 815. The van der Waals surface area contributed by atoms with Crippen molar-refractivity contribution in [2.45, 2.75) is 37.5 Å². The van der Waals surface area contributed by atoms with Crippen LogP contribution in [0.1, 0.15) is 35.6 Å². The fourth-order valence-electron chi connectivity index (χ4n) is 4.03. The molecule has 1 aliphatic carbocycles. The van der Waals surface area contributed by atoms with Crippen LogP contribution in [-0.2, 0) is 11.2 Å². The van der Waals surface area contributed by atoms with Gasteiger partial charge in [-0.25, -0.2) is 9.18 Å². The van der Waals surface area contributed by atoms with Gasteiger partial charge in [0.25, 0.3) is 0 Å². The summed E-state index contributed by atoms with van der Waals surface area (Å²) in [4.78, 5) is 16.9. The zero-order valence-electron chi connectivity index (χ0n) is 15.8. The minimum Gasteiger partial charge on any atom is -0.446 e. The Morgan fingerprint density at radius 3 is 2.52 bits per heavy atom. The molecule has 1 heterocycles. The summed E-state index contributed by atoms with van der Waals surface area (Å²) in [5.41, 5.74) is 3.22. The van der Waals surface area contributed by atoms with Gasteiger partial charge >= 0.3 is 6.09 Å². The maximum absolute atomic E-state index is 13.4. The summed E-state index contributed by atoms with van der Waals surface area (Å²) in [5, 5.41) is 0. The van der Waals surface area contributed by atoms with Crippen molar-refractivity contribution in [1.29, 1.82) is 0 Å². The summed E-state index contributed by atoms with van der Waals surface area (Å²) in [6.45, 7) is 0.599. The molecule has 0 aromatic heterocycles. The number of benzene rings is 2. The minimum atomic E-state index is -0.277. The Balaban J connectivity index is 1.57. The molecule has 1 aliphatic heterocycles. The van der Waals surface area contributed by atoms with Gasteiger partial charge in [-0.05, 0) is 49.3 Å². The monoisotopic (exact) mass is 368 g/mol. The van der Waals surface area contributed by atoms with Gasteiger partial charge in [0.2, 0.25) is 0 Å². The Morgan fingerprint density at radius 1 is 1.11 bits per heavy atom. The Labute approximate surface area is 159 Å². The van der Waals surface area contributed by atoms with E-state index in [0.29, 0.717) is 12.6 Å². The molecule has 0 bridgehead atoms. The second-order valence-electron chi connectivity index (χ2n) is 7.69. The average Bonchev–Trinajstić information content (AvgIpc) is 2.63. The van der Waals surface area contributed by atoms with Crippen LogP contribution in [0.5, 0.6) is 0 Å². The largest absolute Gasteiger partial charge is 0.446 e. The summed E-state index contributed by atoms with van der Waals surface area (Å²) < 4.78 is 19.2. The highest BCUT2D eigenvalue weighted by Crippen LogP contribution is 2.36. The molecule has 2 aromatic rings. The molecule has 1 atom stereocenters. The molecule has 1 amide bonds. The molecule has 0 spiro atoms. The lowest BCUT2D eigenvalue weighted by molar-refractivity contribution is -0.0165. The van der Waals surface area contributed by atoms with Crippen LogP contribution in [0.2, 0.25) is 0 Å². The lowest BCUT2D eigenvalue weighted by Crippen LogP contribution is -2.48. The summed E-state index contributed by atoms with van der Waals surface area (Å²) in [6.07, 6.45) is 2.26. The molecule has 142 valence electrons. The van der Waals surface area contributed by atoms with Gasteiger partial charge in [-0.2, -0.15) is 0 Å². The fourth-order valence-corrected chi connectivity index (χ4v) is 4.03. The summed E-state index contributed by atoms with van der Waals surface area (Å²) >= 11 is 0. The predicted octanol–water partition coefficient (Wildman–Crippen LogP) is 4.00. The van der Waals surface area contributed by atoms with Gasteiger partial charge in [0, 0.05) is 25.4 Å². The molecule has 2 aromatic carbocycles. The minimum absolute atomic E-state index is 0.0176. The lowest BCUT2D eigenvalue weighted by Gasteiger charge is -2.42. The average molecular weight is 368 g/mol. The maximum atomic E-state index is 13.4. The number of carbonyl (C=O) groups is 1. The van der Waals surface area contributed by atoms with E-state index >= 15 is 0 Å². The maximum Gasteiger partial charge on any atom is 0.410 e. The number of ether oxygens (including phenoxy) is 1. The Morgan fingerprint density at radius 2 is 1.81 bits per heavy atom. The third-order valence-electron chi connectivity index (χ3n) is 5.77. The predicted molar refractivity (Wildman–Crippen MR) is 102 cm³/mol. The molecule has 0 N–H and O–H groups in total. The van der Waals surface area contributed by atoms with Crippen LogP contribution in [0.4, 0.5) is 9.18 Å². The van der Waals surface area contributed by atoms with Crippen LogP contribution >= 0.6 is 0 Å². The zero-order chi connectivity index (χ0) is 19.0. The first-order valence-corrected chi connectivity index (χ1v) is 9.50.